The average molecular weight is 533 g/mol. The maximum atomic E-state index is 15.7. The largest absolute Gasteiger partial charge is 0.387 e. The van der Waals surface area contributed by atoms with Crippen molar-refractivity contribution in [1.29, 1.82) is 0 Å². The van der Waals surface area contributed by atoms with Gasteiger partial charge in [-0.15, -0.1) is 0 Å². The standard InChI is InChI=1S/C28H29FN6O2S/c1-15-22(20-6-7-31-26(34-20)33-18-11-27(12-18)13-38(36,37)14-27)24(35-25(15)28-8-17(9-28)10-28)19-4-3-5-21(23(19)29)32-16(2)30/h3-7,17-18H,1,8-14H2,2H3,(H2,30,32)(H,31,33,34). The SMILES string of the molecule is C=C1C(C23CC(C2)C3)=NC(c2cccc(N=C(C)N)c2F)=C1c1ccnc(NC2CC3(C2)CS(=O)(=O)C3)n1. The fourth-order valence-electron chi connectivity index (χ4n) is 7.12. The lowest BCUT2D eigenvalue weighted by atomic mass is 9.42. The number of sulfone groups is 1. The summed E-state index contributed by atoms with van der Waals surface area (Å²) in [5.74, 6) is 1.55. The predicted molar refractivity (Wildman–Crippen MR) is 146 cm³/mol. The molecule has 0 amide bonds. The first-order valence-corrected chi connectivity index (χ1v) is 14.8. The zero-order chi connectivity index (χ0) is 26.4. The summed E-state index contributed by atoms with van der Waals surface area (Å²) in [7, 11) is -2.86. The summed E-state index contributed by atoms with van der Waals surface area (Å²) in [6.07, 6.45) is 6.55. The van der Waals surface area contributed by atoms with E-state index >= 15 is 4.39 Å². The van der Waals surface area contributed by atoms with E-state index in [0.717, 1.165) is 49.3 Å². The minimum Gasteiger partial charge on any atom is -0.387 e. The molecule has 3 heterocycles. The number of nitrogens with two attached hydrogens (primary N) is 1. The first-order valence-electron chi connectivity index (χ1n) is 13.0. The lowest BCUT2D eigenvalue weighted by Gasteiger charge is -2.62. The van der Waals surface area contributed by atoms with Crippen LogP contribution in [0.3, 0.4) is 0 Å². The first kappa shape index (κ1) is 23.7. The zero-order valence-electron chi connectivity index (χ0n) is 21.2. The van der Waals surface area contributed by atoms with Gasteiger partial charge in [0, 0.05) is 39.8 Å². The fourth-order valence-corrected chi connectivity index (χ4v) is 9.37. The van der Waals surface area contributed by atoms with Crippen molar-refractivity contribution in [2.45, 2.75) is 45.1 Å². The van der Waals surface area contributed by atoms with Crippen LogP contribution >= 0.6 is 0 Å². The van der Waals surface area contributed by atoms with Crippen LogP contribution in [0.5, 0.6) is 0 Å². The normalized spacial score (nSPS) is 28.8. The smallest absolute Gasteiger partial charge is 0.223 e. The first-order chi connectivity index (χ1) is 18.1. The Kier molecular flexibility index (Phi) is 4.87. The molecule has 4 aliphatic carbocycles. The highest BCUT2D eigenvalue weighted by atomic mass is 32.2. The van der Waals surface area contributed by atoms with E-state index in [1.165, 1.54) is 0 Å². The van der Waals surface area contributed by atoms with Crippen LogP contribution in [0.4, 0.5) is 16.0 Å². The van der Waals surface area contributed by atoms with Crippen LogP contribution in [0.1, 0.15) is 50.3 Å². The number of nitrogens with zero attached hydrogens (tertiary/aromatic N) is 4. The van der Waals surface area contributed by atoms with E-state index in [1.807, 2.05) is 0 Å². The van der Waals surface area contributed by atoms with Crippen LogP contribution in [-0.2, 0) is 9.84 Å². The van der Waals surface area contributed by atoms with Gasteiger partial charge in [0.05, 0.1) is 34.4 Å². The second-order valence-corrected chi connectivity index (χ2v) is 13.9. The number of aliphatic imine (C=N–C) groups is 2. The molecule has 2 bridgehead atoms. The van der Waals surface area contributed by atoms with Crippen molar-refractivity contribution in [2.75, 3.05) is 16.8 Å². The molecule has 38 heavy (non-hydrogen) atoms. The number of nitrogens with one attached hydrogen (secondary N) is 1. The Hall–Kier alpha value is -3.40. The Morgan fingerprint density at radius 3 is 2.55 bits per heavy atom. The summed E-state index contributed by atoms with van der Waals surface area (Å²) in [6.45, 7) is 6.04. The average Bonchev–Trinajstić information content (AvgIpc) is 3.07. The Labute approximate surface area is 221 Å². The van der Waals surface area contributed by atoms with Gasteiger partial charge in [-0.1, -0.05) is 12.6 Å². The highest BCUT2D eigenvalue weighted by Crippen LogP contribution is 2.67. The number of aromatic nitrogens is 2. The third-order valence-electron chi connectivity index (χ3n) is 8.77. The number of allylic oxidation sites excluding steroid dienone is 2. The maximum absolute atomic E-state index is 15.7. The number of amidine groups is 1. The van der Waals surface area contributed by atoms with Crippen LogP contribution in [-0.4, -0.2) is 47.5 Å². The lowest BCUT2D eigenvalue weighted by molar-refractivity contribution is -0.0396. The van der Waals surface area contributed by atoms with Gasteiger partial charge in [0.25, 0.3) is 0 Å². The van der Waals surface area contributed by atoms with Crippen molar-refractivity contribution in [3.8, 4) is 0 Å². The molecule has 5 fully saturated rings. The molecule has 6 aliphatic rings. The summed E-state index contributed by atoms with van der Waals surface area (Å²) in [4.78, 5) is 18.4. The molecule has 8 rings (SSSR count). The van der Waals surface area contributed by atoms with Crippen LogP contribution < -0.4 is 11.1 Å². The number of anilines is 1. The van der Waals surface area contributed by atoms with Crippen LogP contribution in [0.15, 0.2) is 52.6 Å². The van der Waals surface area contributed by atoms with E-state index < -0.39 is 15.7 Å². The van der Waals surface area contributed by atoms with Gasteiger partial charge in [-0.3, -0.25) is 4.99 Å². The molecule has 1 aromatic carbocycles. The van der Waals surface area contributed by atoms with Crippen molar-refractivity contribution in [1.82, 2.24) is 9.97 Å². The maximum Gasteiger partial charge on any atom is 0.223 e. The summed E-state index contributed by atoms with van der Waals surface area (Å²) in [6, 6.07) is 6.98. The highest BCUT2D eigenvalue weighted by molar-refractivity contribution is 7.92. The molecule has 1 saturated heterocycles. The van der Waals surface area contributed by atoms with E-state index in [0.29, 0.717) is 28.5 Å². The Bertz CT molecular complexity index is 1580. The topological polar surface area (TPSA) is 123 Å². The van der Waals surface area contributed by atoms with E-state index in [-0.39, 0.29) is 39.9 Å². The van der Waals surface area contributed by atoms with Gasteiger partial charge < -0.3 is 11.1 Å². The Balaban J connectivity index is 1.24. The lowest BCUT2D eigenvalue weighted by Crippen LogP contribution is -2.60. The Morgan fingerprint density at radius 1 is 1.18 bits per heavy atom. The molecule has 0 radical (unpaired) electrons. The fraction of sp³-hybridized carbons (Fsp3) is 0.429. The minimum absolute atomic E-state index is 0.0340. The summed E-state index contributed by atoms with van der Waals surface area (Å²) in [5, 5.41) is 3.36. The van der Waals surface area contributed by atoms with Crippen molar-refractivity contribution in [3.05, 3.63) is 59.7 Å². The minimum atomic E-state index is -2.86. The van der Waals surface area contributed by atoms with Crippen LogP contribution in [0, 0.1) is 22.6 Å². The molecular weight excluding hydrogens is 503 g/mol. The van der Waals surface area contributed by atoms with Crippen LogP contribution in [0.25, 0.3) is 11.3 Å². The van der Waals surface area contributed by atoms with E-state index in [4.69, 9.17) is 15.7 Å². The van der Waals surface area contributed by atoms with Crippen LogP contribution in [0.2, 0.25) is 0 Å². The van der Waals surface area contributed by atoms with Crippen molar-refractivity contribution in [3.63, 3.8) is 0 Å². The van der Waals surface area contributed by atoms with Crippen molar-refractivity contribution >= 4 is 44.3 Å². The van der Waals surface area contributed by atoms with Gasteiger partial charge in [0.2, 0.25) is 5.95 Å². The van der Waals surface area contributed by atoms with Crippen molar-refractivity contribution < 1.29 is 12.8 Å². The number of rotatable bonds is 6. The molecule has 8 nitrogen and oxygen atoms in total. The molecule has 1 spiro atoms. The van der Waals surface area contributed by atoms with Gasteiger partial charge in [0.1, 0.15) is 5.69 Å². The van der Waals surface area contributed by atoms with Gasteiger partial charge in [0.15, 0.2) is 15.7 Å². The third kappa shape index (κ3) is 3.56. The molecular formula is C28H29FN6O2S. The monoisotopic (exact) mass is 532 g/mol. The molecule has 0 unspecified atom stereocenters. The quantitative estimate of drug-likeness (QED) is 0.423. The molecule has 4 saturated carbocycles. The zero-order valence-corrected chi connectivity index (χ0v) is 22.0. The van der Waals surface area contributed by atoms with Gasteiger partial charge in [-0.25, -0.2) is 27.8 Å². The number of halogens is 1. The van der Waals surface area contributed by atoms with E-state index in [9.17, 15) is 8.42 Å². The number of hydrogen-bond donors (Lipinski definition) is 2. The van der Waals surface area contributed by atoms with Crippen molar-refractivity contribution in [2.24, 2.45) is 32.5 Å². The molecule has 3 N–H and O–H groups in total. The molecule has 1 aromatic heterocycles. The highest BCUT2D eigenvalue weighted by Gasteiger charge is 2.61. The number of hydrogen-bond acceptors (Lipinski definition) is 7. The summed E-state index contributed by atoms with van der Waals surface area (Å²) < 4.78 is 39.0. The molecule has 2 aromatic rings. The summed E-state index contributed by atoms with van der Waals surface area (Å²) >= 11 is 0. The van der Waals surface area contributed by atoms with E-state index in [1.54, 1.807) is 37.4 Å². The van der Waals surface area contributed by atoms with Gasteiger partial charge in [-0.05, 0) is 63.1 Å². The second-order valence-electron chi connectivity index (χ2n) is 11.9. The molecule has 10 heteroatoms. The summed E-state index contributed by atoms with van der Waals surface area (Å²) in [5.41, 5.74) is 9.75. The van der Waals surface area contributed by atoms with Gasteiger partial charge >= 0.3 is 0 Å². The Morgan fingerprint density at radius 2 is 1.92 bits per heavy atom. The predicted octanol–water partition coefficient (Wildman–Crippen LogP) is 4.29. The molecule has 2 aliphatic heterocycles. The number of benzene rings is 1. The van der Waals surface area contributed by atoms with Gasteiger partial charge in [-0.2, -0.15) is 0 Å². The molecule has 196 valence electrons. The third-order valence-corrected chi connectivity index (χ3v) is 10.9. The van der Waals surface area contributed by atoms with E-state index in [2.05, 4.69) is 21.9 Å². The molecule has 0 atom stereocenters. The second kappa shape index (κ2) is 7.81.